The number of fused-ring (bicyclic) bond motifs is 2. The molecule has 27 heavy (non-hydrogen) atoms. The molecule has 1 aromatic carbocycles. The van der Waals surface area contributed by atoms with E-state index in [2.05, 4.69) is 24.9 Å². The quantitative estimate of drug-likeness (QED) is 0.849. The first-order chi connectivity index (χ1) is 12.9. The largest absolute Gasteiger partial charge is 0.393 e. The summed E-state index contributed by atoms with van der Waals surface area (Å²) in [5, 5.41) is 9.85. The van der Waals surface area contributed by atoms with Gasteiger partial charge in [0, 0.05) is 25.9 Å². The smallest absolute Gasteiger partial charge is 0.245 e. The van der Waals surface area contributed by atoms with Gasteiger partial charge in [-0.2, -0.15) is 0 Å². The van der Waals surface area contributed by atoms with Crippen molar-refractivity contribution in [1.29, 1.82) is 0 Å². The van der Waals surface area contributed by atoms with E-state index in [0.29, 0.717) is 25.9 Å². The molecule has 0 radical (unpaired) electrons. The maximum atomic E-state index is 12.7. The zero-order valence-corrected chi connectivity index (χ0v) is 15.9. The van der Waals surface area contributed by atoms with Crippen LogP contribution in [0.15, 0.2) is 12.1 Å². The molecule has 3 heterocycles. The average Bonchev–Trinajstić information content (AvgIpc) is 3.06. The van der Waals surface area contributed by atoms with Gasteiger partial charge in [0.1, 0.15) is 11.9 Å². The third-order valence-corrected chi connectivity index (χ3v) is 5.89. The molecule has 2 saturated heterocycles. The molecular formula is C20H26N4O3. The number of rotatable bonds is 4. The fourth-order valence-electron chi connectivity index (χ4n) is 4.13. The van der Waals surface area contributed by atoms with Gasteiger partial charge < -0.3 is 19.9 Å². The minimum atomic E-state index is -0.495. The van der Waals surface area contributed by atoms with Crippen molar-refractivity contribution in [2.24, 2.45) is 0 Å². The molecule has 4 rings (SSSR count). The molecule has 2 aromatic rings. The molecule has 2 aliphatic rings. The Hall–Kier alpha value is -2.41. The summed E-state index contributed by atoms with van der Waals surface area (Å²) in [7, 11) is 0. The van der Waals surface area contributed by atoms with E-state index in [-0.39, 0.29) is 18.4 Å². The summed E-state index contributed by atoms with van der Waals surface area (Å²) in [5.74, 6) is 0.856. The molecule has 0 saturated carbocycles. The van der Waals surface area contributed by atoms with Crippen molar-refractivity contribution in [3.8, 4) is 0 Å². The van der Waals surface area contributed by atoms with Gasteiger partial charge in [0.2, 0.25) is 11.8 Å². The van der Waals surface area contributed by atoms with Crippen molar-refractivity contribution in [3.63, 3.8) is 0 Å². The number of hydrogen-bond donors (Lipinski definition) is 2. The lowest BCUT2D eigenvalue weighted by Crippen LogP contribution is -2.62. The Morgan fingerprint density at radius 2 is 2.11 bits per heavy atom. The number of aromatic nitrogens is 2. The number of carbonyl (C=O) groups excluding carboxylic acids is 2. The first-order valence-corrected chi connectivity index (χ1v) is 9.65. The fraction of sp³-hybridized carbons (Fsp3) is 0.550. The summed E-state index contributed by atoms with van der Waals surface area (Å²) in [4.78, 5) is 36.4. The maximum Gasteiger partial charge on any atom is 0.245 e. The molecule has 2 N–H and O–H groups in total. The van der Waals surface area contributed by atoms with E-state index in [0.717, 1.165) is 29.7 Å². The van der Waals surface area contributed by atoms with Crippen LogP contribution in [0.2, 0.25) is 0 Å². The van der Waals surface area contributed by atoms with Crippen LogP contribution in [0.3, 0.4) is 0 Å². The number of piperidine rings is 1. The van der Waals surface area contributed by atoms with Crippen LogP contribution in [-0.2, 0) is 16.0 Å². The Balaban J connectivity index is 1.39. The first-order valence-electron chi connectivity index (χ1n) is 9.65. The van der Waals surface area contributed by atoms with E-state index in [9.17, 15) is 14.7 Å². The second kappa shape index (κ2) is 6.96. The number of aryl methyl sites for hydroxylation is 3. The Morgan fingerprint density at radius 3 is 2.93 bits per heavy atom. The predicted octanol–water partition coefficient (Wildman–Crippen LogP) is 1.31. The van der Waals surface area contributed by atoms with Crippen LogP contribution in [-0.4, -0.2) is 68.5 Å². The van der Waals surface area contributed by atoms with Gasteiger partial charge in [0.25, 0.3) is 0 Å². The number of imidazole rings is 1. The van der Waals surface area contributed by atoms with Crippen molar-refractivity contribution in [1.82, 2.24) is 19.8 Å². The molecule has 2 amide bonds. The Labute approximate surface area is 158 Å². The topological polar surface area (TPSA) is 89.5 Å². The van der Waals surface area contributed by atoms with E-state index in [1.165, 1.54) is 11.1 Å². The summed E-state index contributed by atoms with van der Waals surface area (Å²) >= 11 is 0. The molecule has 1 aromatic heterocycles. The van der Waals surface area contributed by atoms with Gasteiger partial charge in [-0.15, -0.1) is 0 Å². The zero-order valence-electron chi connectivity index (χ0n) is 15.9. The summed E-state index contributed by atoms with van der Waals surface area (Å²) in [5.41, 5.74) is 4.44. The zero-order chi connectivity index (χ0) is 19.1. The molecule has 7 heteroatoms. The van der Waals surface area contributed by atoms with E-state index >= 15 is 0 Å². The standard InChI is InChI=1S/C20H26N4O3/c1-12-5-6-15-19(13(12)2)22-17(21-15)4-3-8-23-11-18(26)24-9-7-14(25)10-16(24)20(23)27/h5-6,14,16,25H,3-4,7-11H2,1-2H3,(H,21,22)/t14-,16+/m1/s1. The summed E-state index contributed by atoms with van der Waals surface area (Å²) in [6.07, 6.45) is 1.88. The number of hydrogen-bond acceptors (Lipinski definition) is 4. The molecule has 7 nitrogen and oxygen atoms in total. The van der Waals surface area contributed by atoms with Gasteiger partial charge in [-0.3, -0.25) is 9.59 Å². The van der Waals surface area contributed by atoms with Crippen LogP contribution in [0.5, 0.6) is 0 Å². The number of carbonyl (C=O) groups is 2. The Morgan fingerprint density at radius 1 is 1.30 bits per heavy atom. The Kier molecular flexibility index (Phi) is 4.63. The summed E-state index contributed by atoms with van der Waals surface area (Å²) in [6, 6.07) is 3.64. The van der Waals surface area contributed by atoms with E-state index < -0.39 is 12.1 Å². The minimum Gasteiger partial charge on any atom is -0.393 e. The van der Waals surface area contributed by atoms with E-state index in [1.54, 1.807) is 9.80 Å². The number of amides is 2. The second-order valence-electron chi connectivity index (χ2n) is 7.73. The Bertz CT molecular complexity index is 891. The second-order valence-corrected chi connectivity index (χ2v) is 7.73. The van der Waals surface area contributed by atoms with Gasteiger partial charge in [-0.25, -0.2) is 4.98 Å². The molecule has 144 valence electrons. The van der Waals surface area contributed by atoms with Gasteiger partial charge >= 0.3 is 0 Å². The van der Waals surface area contributed by atoms with E-state index in [1.807, 2.05) is 6.07 Å². The predicted molar refractivity (Wildman–Crippen MR) is 101 cm³/mol. The van der Waals surface area contributed by atoms with Crippen molar-refractivity contribution >= 4 is 22.8 Å². The third kappa shape index (κ3) is 3.32. The van der Waals surface area contributed by atoms with Crippen LogP contribution >= 0.6 is 0 Å². The van der Waals surface area contributed by atoms with Crippen LogP contribution in [0.1, 0.15) is 36.2 Å². The number of benzene rings is 1. The average molecular weight is 370 g/mol. The normalized spacial score (nSPS) is 23.2. The lowest BCUT2D eigenvalue weighted by atomic mass is 9.96. The highest BCUT2D eigenvalue weighted by Gasteiger charge is 2.42. The fourth-order valence-corrected chi connectivity index (χ4v) is 4.13. The van der Waals surface area contributed by atoms with Gasteiger partial charge in [-0.05, 0) is 43.9 Å². The summed E-state index contributed by atoms with van der Waals surface area (Å²) in [6.45, 7) is 5.30. The number of aliphatic hydroxyl groups is 1. The third-order valence-electron chi connectivity index (χ3n) is 5.89. The molecular weight excluding hydrogens is 344 g/mol. The van der Waals surface area contributed by atoms with Gasteiger partial charge in [0.05, 0.1) is 23.7 Å². The molecule has 2 atom stereocenters. The summed E-state index contributed by atoms with van der Waals surface area (Å²) < 4.78 is 0. The van der Waals surface area contributed by atoms with Gasteiger partial charge in [-0.1, -0.05) is 6.07 Å². The number of piperazine rings is 1. The SMILES string of the molecule is Cc1ccc2[nH]c(CCCN3CC(=O)N4CC[C@@H](O)C[C@H]4C3=O)nc2c1C. The monoisotopic (exact) mass is 370 g/mol. The first kappa shape index (κ1) is 18.0. The highest BCUT2D eigenvalue weighted by atomic mass is 16.3. The number of aliphatic hydroxyl groups excluding tert-OH is 1. The van der Waals surface area contributed by atoms with Crippen molar-refractivity contribution in [2.75, 3.05) is 19.6 Å². The number of nitrogens with zero attached hydrogens (tertiary/aromatic N) is 3. The highest BCUT2D eigenvalue weighted by Crippen LogP contribution is 2.24. The molecule has 0 unspecified atom stereocenters. The molecule has 0 spiro atoms. The lowest BCUT2D eigenvalue weighted by molar-refractivity contribution is -0.160. The van der Waals surface area contributed by atoms with Gasteiger partial charge in [0.15, 0.2) is 0 Å². The number of H-pyrrole nitrogens is 1. The lowest BCUT2D eigenvalue weighted by Gasteiger charge is -2.44. The van der Waals surface area contributed by atoms with Crippen LogP contribution in [0.25, 0.3) is 11.0 Å². The molecule has 2 fully saturated rings. The number of nitrogens with one attached hydrogen (secondary N) is 1. The molecule has 2 aliphatic heterocycles. The van der Waals surface area contributed by atoms with Crippen LogP contribution in [0, 0.1) is 13.8 Å². The van der Waals surface area contributed by atoms with E-state index in [4.69, 9.17) is 4.98 Å². The molecule has 0 aliphatic carbocycles. The maximum absolute atomic E-state index is 12.7. The minimum absolute atomic E-state index is 0.0127. The highest BCUT2D eigenvalue weighted by molar-refractivity contribution is 5.95. The van der Waals surface area contributed by atoms with Crippen molar-refractivity contribution in [3.05, 3.63) is 29.1 Å². The van der Waals surface area contributed by atoms with Crippen LogP contribution in [0.4, 0.5) is 0 Å². The number of aromatic amines is 1. The molecule has 0 bridgehead atoms. The van der Waals surface area contributed by atoms with Crippen molar-refractivity contribution < 1.29 is 14.7 Å². The van der Waals surface area contributed by atoms with Crippen LogP contribution < -0.4 is 0 Å². The van der Waals surface area contributed by atoms with Crippen molar-refractivity contribution in [2.45, 2.75) is 51.7 Å².